The number of carbonyl (C=O) groups excluding carboxylic acids is 2. The van der Waals surface area contributed by atoms with E-state index in [0.29, 0.717) is 46.5 Å². The third-order valence-electron chi connectivity index (χ3n) is 14.9. The van der Waals surface area contributed by atoms with Gasteiger partial charge in [0.25, 0.3) is 0 Å². The first-order chi connectivity index (χ1) is 33.6. The van der Waals surface area contributed by atoms with Gasteiger partial charge in [0.05, 0.1) is 42.9 Å². The first kappa shape index (κ1) is 64.8. The summed E-state index contributed by atoms with van der Waals surface area (Å²) in [5, 5.41) is 17.8. The Morgan fingerprint density at radius 2 is 0.833 bits per heavy atom. The lowest BCUT2D eigenvalue weighted by molar-refractivity contribution is -0.918. The van der Waals surface area contributed by atoms with E-state index in [9.17, 15) is 19.5 Å². The second-order valence-corrected chi connectivity index (χ2v) is 22.6. The van der Waals surface area contributed by atoms with Gasteiger partial charge in [-0.15, -0.1) is 0 Å². The van der Waals surface area contributed by atoms with Crippen LogP contribution in [0, 0.1) is 0 Å². The molecular weight excluding hydrogens is 1010 g/mol. The quantitative estimate of drug-likeness (QED) is 0.0774. The number of ether oxygens (including phenoxy) is 2. The van der Waals surface area contributed by atoms with E-state index in [1.165, 1.54) is 113 Å². The third kappa shape index (κ3) is 23.9. The molecule has 3 aliphatic rings. The average molecular weight is 1110 g/mol. The van der Waals surface area contributed by atoms with Gasteiger partial charge in [-0.1, -0.05) is 123 Å². The standard InChI is InChI=1S/C21H34NO2.C20H31NO2.C10H21NO.C10H12O2.HI/c1-16(2)18-11-13-19(14-12-18)21(23)24-17(3)15-22(4,5)20-9-7-6-8-10-20;1-15(2)17-10-12-18(13-11-17)20(22)23-16(3)14-21(4)19-8-6-5-7-9-19;1-9(12)8-11(2)10-6-4-3-5-7-10;1-7(2)8-3-5-9(6-4-8)10(11)12;/h11-14,16-17,20H,6-10,15H2,1-5H3;10-13,15-16,19H,5-9,14H2,1-4H3;9-10,12H,3-8H2,1-2H3;3-7H,1-2H3,(H,11,12);1H/q+1;;;;/p-1. The molecule has 10 nitrogen and oxygen atoms in total. The molecule has 3 aromatic carbocycles. The molecule has 3 fully saturated rings. The van der Waals surface area contributed by atoms with E-state index < -0.39 is 5.97 Å². The lowest BCUT2D eigenvalue weighted by Crippen LogP contribution is -3.00. The van der Waals surface area contributed by atoms with Crippen molar-refractivity contribution >= 4 is 17.9 Å². The number of likely N-dealkylation sites (N-methyl/N-ethyl adjacent to an activating group) is 3. The number of benzene rings is 3. The van der Waals surface area contributed by atoms with Crippen molar-refractivity contribution in [3.8, 4) is 0 Å². The van der Waals surface area contributed by atoms with Gasteiger partial charge in [0.2, 0.25) is 0 Å². The molecule has 3 aliphatic carbocycles. The minimum atomic E-state index is -0.870. The molecule has 6 rings (SSSR count). The van der Waals surface area contributed by atoms with E-state index in [1.807, 2.05) is 81.4 Å². The predicted octanol–water partition coefficient (Wildman–Crippen LogP) is 10.5. The van der Waals surface area contributed by atoms with Gasteiger partial charge in [-0.2, -0.15) is 0 Å². The molecule has 406 valence electrons. The van der Waals surface area contributed by atoms with Crippen LogP contribution in [0.2, 0.25) is 0 Å². The Morgan fingerprint density at radius 1 is 0.514 bits per heavy atom. The third-order valence-corrected chi connectivity index (χ3v) is 14.9. The minimum Gasteiger partial charge on any atom is -1.00 e. The number of hydrogen-bond donors (Lipinski definition) is 2. The molecule has 3 unspecified atom stereocenters. The van der Waals surface area contributed by atoms with Crippen LogP contribution in [0.3, 0.4) is 0 Å². The summed E-state index contributed by atoms with van der Waals surface area (Å²) in [5.41, 5.74) is 5.29. The highest BCUT2D eigenvalue weighted by Gasteiger charge is 2.32. The van der Waals surface area contributed by atoms with Crippen molar-refractivity contribution in [3.05, 3.63) is 106 Å². The molecular formula is C61H98IN3O7. The van der Waals surface area contributed by atoms with Gasteiger partial charge in [-0.3, -0.25) is 4.90 Å². The molecule has 0 amide bonds. The van der Waals surface area contributed by atoms with E-state index in [0.717, 1.165) is 30.2 Å². The van der Waals surface area contributed by atoms with Crippen LogP contribution < -0.4 is 24.0 Å². The van der Waals surface area contributed by atoms with Crippen molar-refractivity contribution in [2.45, 2.75) is 213 Å². The second kappa shape index (κ2) is 33.5. The van der Waals surface area contributed by atoms with Crippen LogP contribution in [0.1, 0.15) is 224 Å². The molecule has 0 radical (unpaired) electrons. The van der Waals surface area contributed by atoms with Gasteiger partial charge in [0.15, 0.2) is 0 Å². The van der Waals surface area contributed by atoms with Crippen LogP contribution in [-0.2, 0) is 9.47 Å². The molecule has 3 aromatic rings. The molecule has 0 saturated heterocycles. The second-order valence-electron chi connectivity index (χ2n) is 22.6. The fraction of sp³-hybridized carbons (Fsp3) is 0.656. The summed E-state index contributed by atoms with van der Waals surface area (Å²) in [4.78, 5) is 39.8. The van der Waals surface area contributed by atoms with Gasteiger partial charge in [0.1, 0.15) is 18.8 Å². The van der Waals surface area contributed by atoms with E-state index >= 15 is 0 Å². The van der Waals surface area contributed by atoms with Crippen LogP contribution in [0.5, 0.6) is 0 Å². The molecule has 3 atom stereocenters. The number of carboxylic acids is 1. The summed E-state index contributed by atoms with van der Waals surface area (Å²) < 4.78 is 12.3. The smallest absolute Gasteiger partial charge is 0.338 e. The summed E-state index contributed by atoms with van der Waals surface area (Å²) >= 11 is 0. The molecule has 0 bridgehead atoms. The summed E-state index contributed by atoms with van der Waals surface area (Å²) in [7, 11) is 8.83. The Labute approximate surface area is 454 Å². The largest absolute Gasteiger partial charge is 1.00 e. The van der Waals surface area contributed by atoms with Crippen LogP contribution >= 0.6 is 0 Å². The van der Waals surface area contributed by atoms with Crippen molar-refractivity contribution in [1.29, 1.82) is 0 Å². The highest BCUT2D eigenvalue weighted by Crippen LogP contribution is 2.27. The number of halogens is 1. The topological polar surface area (TPSA) is 117 Å². The molecule has 0 heterocycles. The Hall–Kier alpha value is -3.36. The zero-order chi connectivity index (χ0) is 52.7. The zero-order valence-corrected chi connectivity index (χ0v) is 49.2. The zero-order valence-electron chi connectivity index (χ0n) is 47.0. The molecule has 2 N–H and O–H groups in total. The number of aromatic carboxylic acids is 1. The van der Waals surface area contributed by atoms with E-state index in [4.69, 9.17) is 14.6 Å². The number of nitrogens with zero attached hydrogens (tertiary/aromatic N) is 3. The number of aliphatic hydroxyl groups excluding tert-OH is 1. The normalized spacial score (nSPS) is 17.0. The van der Waals surface area contributed by atoms with E-state index in [1.54, 1.807) is 12.1 Å². The first-order valence-corrected chi connectivity index (χ1v) is 27.4. The maximum absolute atomic E-state index is 12.4. The Bertz CT molecular complexity index is 1950. The SMILES string of the molecule is CC(C)c1ccc(C(=O)O)cc1.CC(CN(C)C1CCCCC1)OC(=O)c1ccc(C(C)C)cc1.CC(C[N+](C)(C)C1CCCCC1)OC(=O)c1ccc(C(C)C)cc1.CC(O)CN(C)C1CCCCC1.[I-]. The Balaban J connectivity index is 0.000000343. The first-order valence-electron chi connectivity index (χ1n) is 27.4. The van der Waals surface area contributed by atoms with Crippen LogP contribution in [0.25, 0.3) is 0 Å². The number of carbonyl (C=O) groups is 3. The highest BCUT2D eigenvalue weighted by atomic mass is 127. The minimum absolute atomic E-state index is 0. The van der Waals surface area contributed by atoms with Crippen LogP contribution in [0.4, 0.5) is 0 Å². The number of rotatable bonds is 17. The molecule has 72 heavy (non-hydrogen) atoms. The van der Waals surface area contributed by atoms with Gasteiger partial charge in [0, 0.05) is 25.2 Å². The number of carboxylic acid groups (broad SMARTS) is 1. The van der Waals surface area contributed by atoms with Crippen molar-refractivity contribution < 1.29 is 62.5 Å². The van der Waals surface area contributed by atoms with Gasteiger partial charge in [-0.25, -0.2) is 14.4 Å². The van der Waals surface area contributed by atoms with Crippen molar-refractivity contribution in [2.24, 2.45) is 0 Å². The van der Waals surface area contributed by atoms with E-state index in [2.05, 4.69) is 79.5 Å². The predicted molar refractivity (Wildman–Crippen MR) is 293 cm³/mol. The molecule has 0 aliphatic heterocycles. The van der Waals surface area contributed by atoms with Gasteiger partial charge >= 0.3 is 17.9 Å². The number of hydrogen-bond acceptors (Lipinski definition) is 8. The maximum Gasteiger partial charge on any atom is 0.338 e. The molecule has 3 saturated carbocycles. The Morgan fingerprint density at radius 3 is 1.17 bits per heavy atom. The summed E-state index contributed by atoms with van der Waals surface area (Å²) in [6.45, 7) is 21.1. The number of quaternary nitrogens is 1. The maximum atomic E-state index is 12.4. The van der Waals surface area contributed by atoms with Crippen molar-refractivity contribution in [2.75, 3.05) is 47.8 Å². The van der Waals surface area contributed by atoms with Crippen molar-refractivity contribution in [3.63, 3.8) is 0 Å². The fourth-order valence-corrected chi connectivity index (χ4v) is 10.4. The van der Waals surface area contributed by atoms with Crippen LogP contribution in [0.15, 0.2) is 72.8 Å². The van der Waals surface area contributed by atoms with Gasteiger partial charge in [-0.05, 0) is 157 Å². The van der Waals surface area contributed by atoms with Crippen molar-refractivity contribution in [1.82, 2.24) is 9.80 Å². The molecule has 0 spiro atoms. The number of esters is 2. The Kier molecular flexibility index (Phi) is 30.2. The summed E-state index contributed by atoms with van der Waals surface area (Å²) in [5.74, 6) is 0.107. The fourth-order valence-electron chi connectivity index (χ4n) is 10.4. The average Bonchev–Trinajstić information content (AvgIpc) is 3.35. The van der Waals surface area contributed by atoms with E-state index in [-0.39, 0.29) is 54.2 Å². The lowest BCUT2D eigenvalue weighted by Gasteiger charge is -2.41. The number of aliphatic hydroxyl groups is 1. The summed E-state index contributed by atoms with van der Waals surface area (Å²) in [6.07, 6.45) is 19.6. The monoisotopic (exact) mass is 1110 g/mol. The summed E-state index contributed by atoms with van der Waals surface area (Å²) in [6, 6.07) is 24.6. The highest BCUT2D eigenvalue weighted by molar-refractivity contribution is 5.90. The lowest BCUT2D eigenvalue weighted by atomic mass is 9.93. The van der Waals surface area contributed by atoms with Crippen LogP contribution in [-0.4, -0.2) is 127 Å². The molecule has 11 heteroatoms. The molecule has 0 aromatic heterocycles. The van der Waals surface area contributed by atoms with Gasteiger partial charge < -0.3 is 53.0 Å².